The Bertz CT molecular complexity index is 2180. The maximum Gasteiger partial charge on any atom is 0.344 e. The van der Waals surface area contributed by atoms with E-state index in [0.717, 1.165) is 98.1 Å². The van der Waals surface area contributed by atoms with Gasteiger partial charge in [-0.15, -0.1) is 0 Å². The predicted molar refractivity (Wildman–Crippen MR) is 233 cm³/mol. The lowest BCUT2D eigenvalue weighted by Crippen LogP contribution is -2.33. The number of rotatable bonds is 21. The van der Waals surface area contributed by atoms with Gasteiger partial charge in [0.15, 0.2) is 11.5 Å². The first-order chi connectivity index (χ1) is 28.1. The molecule has 0 amide bonds. The van der Waals surface area contributed by atoms with Crippen LogP contribution in [0.5, 0.6) is 0 Å². The summed E-state index contributed by atoms with van der Waals surface area (Å²) >= 11 is 0. The Kier molecular flexibility index (Phi) is 14.5. The van der Waals surface area contributed by atoms with E-state index in [1.165, 1.54) is 12.8 Å². The van der Waals surface area contributed by atoms with E-state index >= 15 is 0 Å². The number of hydrogen-bond donors (Lipinski definition) is 2. The van der Waals surface area contributed by atoms with Crippen molar-refractivity contribution in [3.63, 3.8) is 0 Å². The van der Waals surface area contributed by atoms with Gasteiger partial charge in [-0.25, -0.2) is 14.4 Å². The fourth-order valence-corrected chi connectivity index (χ4v) is 8.80. The number of carboxylic acid groups (broad SMARTS) is 2. The van der Waals surface area contributed by atoms with Crippen LogP contribution in [0.4, 0.5) is 11.4 Å². The number of nitrogens with zero attached hydrogens (tertiary/aromatic N) is 3. The van der Waals surface area contributed by atoms with E-state index in [9.17, 15) is 34.8 Å². The minimum atomic E-state index is -1.03. The minimum absolute atomic E-state index is 0.0403. The van der Waals surface area contributed by atoms with Gasteiger partial charge in [-0.05, 0) is 75.6 Å². The molecule has 314 valence electrons. The Labute approximate surface area is 349 Å². The molecule has 2 aromatic rings. The summed E-state index contributed by atoms with van der Waals surface area (Å²) in [5.74, 6) is -1.14. The summed E-state index contributed by atoms with van der Waals surface area (Å²) < 4.78 is 7.53. The van der Waals surface area contributed by atoms with E-state index in [0.29, 0.717) is 13.1 Å². The Hall–Kier alpha value is -5.34. The number of carbonyl (C=O) groups excluding carboxylic acids is 2. The van der Waals surface area contributed by atoms with Crippen molar-refractivity contribution in [2.45, 2.75) is 136 Å². The first-order valence-corrected chi connectivity index (χ1v) is 21.5. The quantitative estimate of drug-likeness (QED) is 0.0417. The lowest BCUT2D eigenvalue weighted by atomic mass is 9.72. The van der Waals surface area contributed by atoms with Gasteiger partial charge in [0.1, 0.15) is 6.54 Å². The van der Waals surface area contributed by atoms with Crippen molar-refractivity contribution in [3.05, 3.63) is 104 Å². The largest absolute Gasteiger partial charge is 0.763 e. The molecule has 0 fully saturated rings. The van der Waals surface area contributed by atoms with Crippen molar-refractivity contribution < 1.29 is 38.7 Å². The SMILES string of the molecule is CCCCCCCCN1/C(=C/C2=C(C(=C=[N-])C(=O)OCC)C(=C/C3=[N+](CCCCCCCC)c4ccc(C(=O)O)cc4C3(C)C)/C2=O)C(C)(C)c2cc(C(=O)O)ccc21. The second-order valence-corrected chi connectivity index (χ2v) is 17.0. The Morgan fingerprint density at radius 1 is 0.780 bits per heavy atom. The van der Waals surface area contributed by atoms with Gasteiger partial charge in [0.25, 0.3) is 0 Å². The zero-order valence-electron chi connectivity index (χ0n) is 36.0. The van der Waals surface area contributed by atoms with Gasteiger partial charge in [0, 0.05) is 64.2 Å². The summed E-state index contributed by atoms with van der Waals surface area (Å²) in [5.41, 5.74) is 4.19. The number of allylic oxidation sites excluding steroid dienone is 5. The number of ether oxygens (including phenoxy) is 1. The number of fused-ring (bicyclic) bond motifs is 2. The van der Waals surface area contributed by atoms with Crippen LogP contribution in [0.2, 0.25) is 0 Å². The van der Waals surface area contributed by atoms with Crippen LogP contribution < -0.4 is 4.90 Å². The van der Waals surface area contributed by atoms with Gasteiger partial charge < -0.3 is 25.3 Å². The molecule has 0 spiro atoms. The molecule has 0 unspecified atom stereocenters. The average Bonchev–Trinajstić information content (AvgIpc) is 3.54. The molecule has 0 radical (unpaired) electrons. The van der Waals surface area contributed by atoms with Crippen LogP contribution in [0.15, 0.2) is 76.5 Å². The summed E-state index contributed by atoms with van der Waals surface area (Å²) in [4.78, 5) is 54.5. The molecule has 2 N–H and O–H groups in total. The molecule has 0 saturated carbocycles. The van der Waals surface area contributed by atoms with E-state index in [2.05, 4.69) is 29.2 Å². The molecular weight excluding hydrogens is 743 g/mol. The molecule has 10 heteroatoms. The maximum absolute atomic E-state index is 14.7. The number of aromatic carboxylic acids is 2. The maximum atomic E-state index is 14.7. The molecule has 0 bridgehead atoms. The monoisotopic (exact) mass is 803 g/mol. The van der Waals surface area contributed by atoms with Gasteiger partial charge in [-0.3, -0.25) is 10.7 Å². The van der Waals surface area contributed by atoms with Crippen molar-refractivity contribution in [2.75, 3.05) is 24.6 Å². The standard InChI is InChI=1S/C49H61N3O7/c1-8-11-13-15-17-19-25-51-39-23-21-32(45(54)55)27-37(39)48(4,5)41(51)29-34-43(36(31-50)47(58)59-10-3)35(44(34)53)30-42-49(6,7)38-28-33(46(56)57)22-24-40(38)52(42)26-20-18-16-14-12-9-2/h21-24,27-30H,8-20,25-26H2,1-7H3,(H,54,55)(H,56,57). The third-order valence-electron chi connectivity index (χ3n) is 12.2. The van der Waals surface area contributed by atoms with Crippen LogP contribution in [0, 0.1) is 0 Å². The molecule has 2 heterocycles. The van der Waals surface area contributed by atoms with Gasteiger partial charge in [0.05, 0.1) is 28.7 Å². The van der Waals surface area contributed by atoms with Crippen molar-refractivity contribution in [3.8, 4) is 0 Å². The molecule has 2 aliphatic heterocycles. The van der Waals surface area contributed by atoms with Gasteiger partial charge in [-0.1, -0.05) is 85.5 Å². The van der Waals surface area contributed by atoms with Crippen LogP contribution in [0.3, 0.4) is 0 Å². The van der Waals surface area contributed by atoms with Gasteiger partial charge in [0.2, 0.25) is 5.69 Å². The highest BCUT2D eigenvalue weighted by atomic mass is 16.5. The number of hydrogen-bond acceptors (Lipinski definition) is 6. The zero-order chi connectivity index (χ0) is 43.1. The molecule has 0 saturated heterocycles. The number of anilines is 1. The highest BCUT2D eigenvalue weighted by molar-refractivity contribution is 6.29. The summed E-state index contributed by atoms with van der Waals surface area (Å²) in [7, 11) is 0. The number of ketones is 1. The van der Waals surface area contributed by atoms with Crippen molar-refractivity contribution >= 4 is 46.6 Å². The van der Waals surface area contributed by atoms with Crippen LogP contribution in [0.25, 0.3) is 5.41 Å². The number of carboxylic acids is 2. The third-order valence-corrected chi connectivity index (χ3v) is 12.2. The van der Waals surface area contributed by atoms with Gasteiger partial charge >= 0.3 is 17.9 Å². The molecule has 1 aliphatic carbocycles. The number of esters is 1. The lowest BCUT2D eigenvalue weighted by molar-refractivity contribution is -0.438. The van der Waals surface area contributed by atoms with Crippen LogP contribution in [0.1, 0.15) is 157 Å². The Morgan fingerprint density at radius 3 is 1.95 bits per heavy atom. The van der Waals surface area contributed by atoms with E-state index < -0.39 is 28.7 Å². The first kappa shape index (κ1) is 44.8. The summed E-state index contributed by atoms with van der Waals surface area (Å²) in [6, 6.07) is 10.3. The molecule has 3 aliphatic rings. The van der Waals surface area contributed by atoms with E-state index in [1.54, 1.807) is 43.3 Å². The number of Topliss-reactive ketones (excluding diaryl/α,β-unsaturated/α-hetero) is 1. The van der Waals surface area contributed by atoms with Gasteiger partial charge in [-0.2, -0.15) is 4.58 Å². The molecule has 59 heavy (non-hydrogen) atoms. The number of carbonyl (C=O) groups is 4. The molecule has 5 rings (SSSR count). The normalized spacial score (nSPS) is 17.6. The molecular formula is C49H61N3O7. The van der Waals surface area contributed by atoms with Crippen LogP contribution >= 0.6 is 0 Å². The third kappa shape index (κ3) is 9.13. The van der Waals surface area contributed by atoms with Crippen molar-refractivity contribution in [1.29, 1.82) is 0 Å². The average molecular weight is 804 g/mol. The molecule has 0 aromatic heterocycles. The second kappa shape index (κ2) is 19.2. The fraction of sp³-hybridized carbons (Fsp3) is 0.490. The lowest BCUT2D eigenvalue weighted by Gasteiger charge is -2.31. The van der Waals surface area contributed by atoms with E-state index in [1.807, 2.05) is 39.8 Å². The highest BCUT2D eigenvalue weighted by Crippen LogP contribution is 2.50. The Morgan fingerprint density at radius 2 is 1.36 bits per heavy atom. The number of unbranched alkanes of at least 4 members (excludes halogenated alkanes) is 10. The highest BCUT2D eigenvalue weighted by Gasteiger charge is 2.48. The Balaban J connectivity index is 1.68. The number of benzene rings is 2. The van der Waals surface area contributed by atoms with E-state index in [4.69, 9.17) is 4.74 Å². The topological polar surface area (TPSA) is 147 Å². The summed E-state index contributed by atoms with van der Waals surface area (Å²) in [5, 5.41) is 30.4. The second-order valence-electron chi connectivity index (χ2n) is 17.0. The van der Waals surface area contributed by atoms with Crippen LogP contribution in [-0.2, 0) is 25.2 Å². The zero-order valence-corrected chi connectivity index (χ0v) is 36.0. The summed E-state index contributed by atoms with van der Waals surface area (Å²) in [6.45, 7) is 15.4. The first-order valence-electron chi connectivity index (χ1n) is 21.5. The summed E-state index contributed by atoms with van der Waals surface area (Å²) in [6.07, 6.45) is 16.5. The van der Waals surface area contributed by atoms with E-state index in [-0.39, 0.29) is 45.8 Å². The fourth-order valence-electron chi connectivity index (χ4n) is 8.80. The molecule has 2 aromatic carbocycles. The predicted octanol–water partition coefficient (Wildman–Crippen LogP) is 10.4. The minimum Gasteiger partial charge on any atom is -0.763 e. The van der Waals surface area contributed by atoms with Crippen LogP contribution in [-0.4, -0.2) is 69.8 Å². The molecule has 10 nitrogen and oxygen atoms in total. The van der Waals surface area contributed by atoms with Crippen molar-refractivity contribution in [2.24, 2.45) is 0 Å². The van der Waals surface area contributed by atoms with Crippen molar-refractivity contribution in [1.82, 2.24) is 0 Å². The smallest absolute Gasteiger partial charge is 0.344 e. The molecule has 0 atom stereocenters.